The number of hydrogen-bond donors (Lipinski definition) is 1. The SMILES string of the molecule is O=C(Nc1ccccc1N1CCOCC1)c1ccc(F)cc1I. The number of morpholine rings is 1. The second-order valence-corrected chi connectivity index (χ2v) is 6.36. The molecule has 23 heavy (non-hydrogen) atoms. The van der Waals surface area contributed by atoms with E-state index in [1.54, 1.807) is 0 Å². The predicted octanol–water partition coefficient (Wildman–Crippen LogP) is 3.52. The van der Waals surface area contributed by atoms with Gasteiger partial charge in [0.15, 0.2) is 0 Å². The highest BCUT2D eigenvalue weighted by molar-refractivity contribution is 14.1. The summed E-state index contributed by atoms with van der Waals surface area (Å²) in [6.07, 6.45) is 0. The Bertz CT molecular complexity index is 717. The zero-order valence-corrected chi connectivity index (χ0v) is 14.5. The first-order chi connectivity index (χ1) is 11.1. The minimum Gasteiger partial charge on any atom is -0.378 e. The first-order valence-corrected chi connectivity index (χ1v) is 8.41. The quantitative estimate of drug-likeness (QED) is 0.764. The number of carbonyl (C=O) groups is 1. The van der Waals surface area contributed by atoms with E-state index in [4.69, 9.17) is 4.74 Å². The number of anilines is 2. The Labute approximate surface area is 147 Å². The summed E-state index contributed by atoms with van der Waals surface area (Å²) >= 11 is 1.97. The van der Waals surface area contributed by atoms with Crippen molar-refractivity contribution in [1.29, 1.82) is 0 Å². The third kappa shape index (κ3) is 3.81. The number of benzene rings is 2. The van der Waals surface area contributed by atoms with Crippen LogP contribution in [0.3, 0.4) is 0 Å². The fourth-order valence-electron chi connectivity index (χ4n) is 2.52. The van der Waals surface area contributed by atoms with Crippen LogP contribution in [0, 0.1) is 9.39 Å². The van der Waals surface area contributed by atoms with Gasteiger partial charge in [0.25, 0.3) is 5.91 Å². The summed E-state index contributed by atoms with van der Waals surface area (Å²) < 4.78 is 19.1. The smallest absolute Gasteiger partial charge is 0.256 e. The first kappa shape index (κ1) is 16.2. The Balaban J connectivity index is 1.83. The molecule has 1 saturated heterocycles. The largest absolute Gasteiger partial charge is 0.378 e. The molecule has 1 aliphatic rings. The van der Waals surface area contributed by atoms with Crippen LogP contribution >= 0.6 is 22.6 Å². The lowest BCUT2D eigenvalue weighted by atomic mass is 10.2. The molecule has 2 aromatic carbocycles. The van der Waals surface area contributed by atoms with E-state index in [0.717, 1.165) is 24.5 Å². The fourth-order valence-corrected chi connectivity index (χ4v) is 3.24. The van der Waals surface area contributed by atoms with Crippen molar-refractivity contribution in [3.63, 3.8) is 0 Å². The van der Waals surface area contributed by atoms with Gasteiger partial charge < -0.3 is 15.0 Å². The standard InChI is InChI=1S/C17H16FIN2O2/c18-12-5-6-13(14(19)11-12)17(22)20-15-3-1-2-4-16(15)21-7-9-23-10-8-21/h1-6,11H,7-10H2,(H,20,22). The van der Waals surface area contributed by atoms with E-state index in [1.807, 2.05) is 46.9 Å². The van der Waals surface area contributed by atoms with Crippen LogP contribution in [0.25, 0.3) is 0 Å². The minimum atomic E-state index is -0.348. The van der Waals surface area contributed by atoms with E-state index in [1.165, 1.54) is 18.2 Å². The molecule has 0 bridgehead atoms. The maximum Gasteiger partial charge on any atom is 0.256 e. The van der Waals surface area contributed by atoms with Crippen LogP contribution in [0.1, 0.15) is 10.4 Å². The summed E-state index contributed by atoms with van der Waals surface area (Å²) in [7, 11) is 0. The average Bonchev–Trinajstić information content (AvgIpc) is 2.56. The Kier molecular flexibility index (Phi) is 5.12. The van der Waals surface area contributed by atoms with Crippen molar-refractivity contribution in [1.82, 2.24) is 0 Å². The van der Waals surface area contributed by atoms with Gasteiger partial charge in [-0.15, -0.1) is 0 Å². The van der Waals surface area contributed by atoms with E-state index in [-0.39, 0.29) is 11.7 Å². The zero-order valence-electron chi connectivity index (χ0n) is 12.4. The molecule has 0 radical (unpaired) electrons. The van der Waals surface area contributed by atoms with Gasteiger partial charge in [0.1, 0.15) is 5.82 Å². The topological polar surface area (TPSA) is 41.6 Å². The Morgan fingerprint density at radius 1 is 1.17 bits per heavy atom. The third-order valence-electron chi connectivity index (χ3n) is 3.68. The highest BCUT2D eigenvalue weighted by Crippen LogP contribution is 2.27. The Morgan fingerprint density at radius 2 is 1.91 bits per heavy atom. The normalized spacial score (nSPS) is 14.6. The molecule has 0 aliphatic carbocycles. The number of para-hydroxylation sites is 2. The maximum atomic E-state index is 13.2. The highest BCUT2D eigenvalue weighted by atomic mass is 127. The van der Waals surface area contributed by atoms with Gasteiger partial charge in [0, 0.05) is 16.7 Å². The van der Waals surface area contributed by atoms with E-state index >= 15 is 0 Å². The lowest BCUT2D eigenvalue weighted by Gasteiger charge is -2.30. The van der Waals surface area contributed by atoms with Gasteiger partial charge in [-0.1, -0.05) is 12.1 Å². The molecule has 3 rings (SSSR count). The minimum absolute atomic E-state index is 0.241. The van der Waals surface area contributed by atoms with Crippen LogP contribution in [-0.4, -0.2) is 32.2 Å². The van der Waals surface area contributed by atoms with Crippen molar-refractivity contribution >= 4 is 39.9 Å². The van der Waals surface area contributed by atoms with Crippen LogP contribution in [0.4, 0.5) is 15.8 Å². The van der Waals surface area contributed by atoms with Crippen molar-refractivity contribution < 1.29 is 13.9 Å². The molecular weight excluding hydrogens is 410 g/mol. The first-order valence-electron chi connectivity index (χ1n) is 7.33. The van der Waals surface area contributed by atoms with Gasteiger partial charge >= 0.3 is 0 Å². The van der Waals surface area contributed by atoms with Crippen LogP contribution in [-0.2, 0) is 4.74 Å². The van der Waals surface area contributed by atoms with E-state index in [9.17, 15) is 9.18 Å². The number of rotatable bonds is 3. The van der Waals surface area contributed by atoms with Gasteiger partial charge in [-0.3, -0.25) is 4.79 Å². The summed E-state index contributed by atoms with van der Waals surface area (Å²) in [4.78, 5) is 14.7. The monoisotopic (exact) mass is 426 g/mol. The van der Waals surface area contributed by atoms with Crippen molar-refractivity contribution in [2.24, 2.45) is 0 Å². The molecule has 1 amide bonds. The maximum absolute atomic E-state index is 13.2. The molecule has 120 valence electrons. The van der Waals surface area contributed by atoms with E-state index < -0.39 is 0 Å². The van der Waals surface area contributed by atoms with E-state index in [0.29, 0.717) is 22.3 Å². The fraction of sp³-hybridized carbons (Fsp3) is 0.235. The number of nitrogens with zero attached hydrogens (tertiary/aromatic N) is 1. The molecule has 1 N–H and O–H groups in total. The van der Waals surface area contributed by atoms with Crippen LogP contribution in [0.5, 0.6) is 0 Å². The van der Waals surface area contributed by atoms with E-state index in [2.05, 4.69) is 10.2 Å². The van der Waals surface area contributed by atoms with Gasteiger partial charge in [-0.2, -0.15) is 0 Å². The molecule has 4 nitrogen and oxygen atoms in total. The number of ether oxygens (including phenoxy) is 1. The molecular formula is C17H16FIN2O2. The summed E-state index contributed by atoms with van der Waals surface area (Å²) in [5, 5.41) is 2.94. The molecule has 2 aromatic rings. The van der Waals surface area contributed by atoms with Crippen LogP contribution in [0.2, 0.25) is 0 Å². The van der Waals surface area contributed by atoms with Crippen molar-refractivity contribution in [3.8, 4) is 0 Å². The van der Waals surface area contributed by atoms with Crippen molar-refractivity contribution in [3.05, 3.63) is 57.4 Å². The van der Waals surface area contributed by atoms with Crippen LogP contribution in [0.15, 0.2) is 42.5 Å². The number of nitrogens with one attached hydrogen (secondary N) is 1. The lowest BCUT2D eigenvalue weighted by Crippen LogP contribution is -2.36. The molecule has 6 heteroatoms. The Hall–Kier alpha value is -1.67. The zero-order chi connectivity index (χ0) is 16.2. The Morgan fingerprint density at radius 3 is 2.65 bits per heavy atom. The van der Waals surface area contributed by atoms with Crippen LogP contribution < -0.4 is 10.2 Å². The number of carbonyl (C=O) groups excluding carboxylic acids is 1. The third-order valence-corrected chi connectivity index (χ3v) is 4.57. The summed E-state index contributed by atoms with van der Waals surface area (Å²) in [6, 6.07) is 11.8. The summed E-state index contributed by atoms with van der Waals surface area (Å²) in [5.74, 6) is -0.588. The summed E-state index contributed by atoms with van der Waals surface area (Å²) in [6.45, 7) is 2.94. The summed E-state index contributed by atoms with van der Waals surface area (Å²) in [5.41, 5.74) is 2.18. The molecule has 0 unspecified atom stereocenters. The van der Waals surface area contributed by atoms with Gasteiger partial charge in [0.05, 0.1) is 30.2 Å². The molecule has 0 atom stereocenters. The second kappa shape index (κ2) is 7.27. The highest BCUT2D eigenvalue weighted by Gasteiger charge is 2.17. The number of hydrogen-bond acceptors (Lipinski definition) is 3. The second-order valence-electron chi connectivity index (χ2n) is 5.19. The lowest BCUT2D eigenvalue weighted by molar-refractivity contribution is 0.102. The van der Waals surface area contributed by atoms with Gasteiger partial charge in [-0.05, 0) is 52.9 Å². The van der Waals surface area contributed by atoms with Crippen molar-refractivity contribution in [2.75, 3.05) is 36.5 Å². The van der Waals surface area contributed by atoms with Gasteiger partial charge in [0.2, 0.25) is 0 Å². The molecule has 1 heterocycles. The molecule has 0 saturated carbocycles. The molecule has 0 spiro atoms. The molecule has 1 fully saturated rings. The number of amides is 1. The average molecular weight is 426 g/mol. The number of halogens is 2. The van der Waals surface area contributed by atoms with Gasteiger partial charge in [-0.25, -0.2) is 4.39 Å². The molecule has 0 aromatic heterocycles. The predicted molar refractivity (Wildman–Crippen MR) is 96.5 cm³/mol. The van der Waals surface area contributed by atoms with Crippen molar-refractivity contribution in [2.45, 2.75) is 0 Å². The molecule has 1 aliphatic heterocycles.